The van der Waals surface area contributed by atoms with E-state index in [-0.39, 0.29) is 12.6 Å². The molecule has 0 amide bonds. The van der Waals surface area contributed by atoms with Crippen molar-refractivity contribution < 1.29 is 14.6 Å². The van der Waals surface area contributed by atoms with Gasteiger partial charge in [-0.05, 0) is 43.9 Å². The largest absolute Gasteiger partial charge is 0.496 e. The van der Waals surface area contributed by atoms with Crippen LogP contribution in [0.5, 0.6) is 5.75 Å². The molecule has 0 bridgehead atoms. The standard InChI is InChI=1S/C23H28N6O3/c1-14-7-17(8-20(31-3)15(14)2)28-9-21(24-13-28)26-23-25-19-12-32-11-18(19)22(27-23)29-6-4-5-16(29)10-30/h7-9,13,16,30H,4-6,10-12H2,1-3H3,(H,25,26,27)/t16-/m1/s1. The van der Waals surface area contributed by atoms with Gasteiger partial charge in [-0.1, -0.05) is 0 Å². The van der Waals surface area contributed by atoms with Crippen LogP contribution in [-0.4, -0.2) is 50.9 Å². The van der Waals surface area contributed by atoms with Gasteiger partial charge >= 0.3 is 0 Å². The maximum atomic E-state index is 9.78. The van der Waals surface area contributed by atoms with Gasteiger partial charge < -0.3 is 29.4 Å². The summed E-state index contributed by atoms with van der Waals surface area (Å²) < 4.78 is 13.1. The smallest absolute Gasteiger partial charge is 0.230 e. The number of imidazole rings is 1. The fourth-order valence-electron chi connectivity index (χ4n) is 4.44. The number of aryl methyl sites for hydroxylation is 1. The molecule has 9 heteroatoms. The second-order valence-corrected chi connectivity index (χ2v) is 8.34. The number of aliphatic hydroxyl groups excluding tert-OH is 1. The summed E-state index contributed by atoms with van der Waals surface area (Å²) in [6, 6.07) is 4.19. The first-order valence-electron chi connectivity index (χ1n) is 10.9. The highest BCUT2D eigenvalue weighted by Crippen LogP contribution is 2.33. The number of hydrogen-bond acceptors (Lipinski definition) is 8. The highest BCUT2D eigenvalue weighted by molar-refractivity contribution is 5.58. The van der Waals surface area contributed by atoms with Gasteiger partial charge in [0, 0.05) is 18.2 Å². The Bertz CT molecular complexity index is 1150. The van der Waals surface area contributed by atoms with Crippen LogP contribution in [-0.2, 0) is 18.0 Å². The van der Waals surface area contributed by atoms with Crippen molar-refractivity contribution in [2.45, 2.75) is 45.9 Å². The van der Waals surface area contributed by atoms with Crippen LogP contribution in [0.25, 0.3) is 5.69 Å². The number of aromatic nitrogens is 4. The maximum absolute atomic E-state index is 9.78. The predicted molar refractivity (Wildman–Crippen MR) is 121 cm³/mol. The van der Waals surface area contributed by atoms with Gasteiger partial charge in [0.15, 0.2) is 5.82 Å². The Labute approximate surface area is 187 Å². The third-order valence-electron chi connectivity index (χ3n) is 6.36. The average Bonchev–Trinajstić information content (AvgIpc) is 3.55. The third-order valence-corrected chi connectivity index (χ3v) is 6.36. The molecule has 168 valence electrons. The quantitative estimate of drug-likeness (QED) is 0.609. The van der Waals surface area contributed by atoms with E-state index in [4.69, 9.17) is 14.5 Å². The van der Waals surface area contributed by atoms with E-state index >= 15 is 0 Å². The fourth-order valence-corrected chi connectivity index (χ4v) is 4.44. The van der Waals surface area contributed by atoms with Crippen LogP contribution in [0.3, 0.4) is 0 Å². The van der Waals surface area contributed by atoms with Crippen LogP contribution in [0.15, 0.2) is 24.7 Å². The highest BCUT2D eigenvalue weighted by atomic mass is 16.5. The minimum Gasteiger partial charge on any atom is -0.496 e. The molecule has 4 heterocycles. The molecule has 1 saturated heterocycles. The molecule has 32 heavy (non-hydrogen) atoms. The minimum atomic E-state index is 0.0846. The van der Waals surface area contributed by atoms with Crippen LogP contribution >= 0.6 is 0 Å². The van der Waals surface area contributed by atoms with Gasteiger partial charge in [0.2, 0.25) is 5.95 Å². The number of rotatable bonds is 6. The lowest BCUT2D eigenvalue weighted by molar-refractivity contribution is 0.133. The molecule has 1 atom stereocenters. The number of methoxy groups -OCH3 is 1. The molecule has 0 unspecified atom stereocenters. The summed E-state index contributed by atoms with van der Waals surface area (Å²) in [7, 11) is 1.68. The highest BCUT2D eigenvalue weighted by Gasteiger charge is 2.30. The molecule has 3 aromatic rings. The number of fused-ring (bicyclic) bond motifs is 1. The topological polar surface area (TPSA) is 97.6 Å². The molecule has 9 nitrogen and oxygen atoms in total. The first-order chi connectivity index (χ1) is 15.6. The van der Waals surface area contributed by atoms with Crippen molar-refractivity contribution in [3.05, 3.63) is 47.0 Å². The van der Waals surface area contributed by atoms with E-state index in [0.29, 0.717) is 25.0 Å². The van der Waals surface area contributed by atoms with Crippen molar-refractivity contribution in [3.8, 4) is 11.4 Å². The number of nitrogens with one attached hydrogen (secondary N) is 1. The van der Waals surface area contributed by atoms with Gasteiger partial charge in [-0.3, -0.25) is 0 Å². The van der Waals surface area contributed by atoms with Gasteiger partial charge in [-0.25, -0.2) is 9.97 Å². The molecule has 0 aliphatic carbocycles. The molecule has 0 radical (unpaired) electrons. The van der Waals surface area contributed by atoms with E-state index in [2.05, 4.69) is 33.2 Å². The van der Waals surface area contributed by atoms with E-state index in [9.17, 15) is 5.11 Å². The second-order valence-electron chi connectivity index (χ2n) is 8.34. The number of aliphatic hydroxyl groups is 1. The number of benzene rings is 1. The lowest BCUT2D eigenvalue weighted by atomic mass is 10.1. The molecular formula is C23H28N6O3. The Morgan fingerprint density at radius 2 is 2.12 bits per heavy atom. The van der Waals surface area contributed by atoms with Gasteiger partial charge in [0.05, 0.1) is 50.6 Å². The summed E-state index contributed by atoms with van der Waals surface area (Å²) in [6.07, 6.45) is 5.66. The Hall–Kier alpha value is -3.17. The first kappa shape index (κ1) is 20.7. The minimum absolute atomic E-state index is 0.0846. The SMILES string of the molecule is COc1cc(-n2cnc(Nc3nc4c(c(N5CCC[C@@H]5CO)n3)COC4)c2)cc(C)c1C. The van der Waals surface area contributed by atoms with Crippen LogP contribution in [0.1, 0.15) is 35.2 Å². The molecule has 2 aliphatic rings. The van der Waals surface area contributed by atoms with Crippen molar-refractivity contribution in [2.75, 3.05) is 30.5 Å². The molecule has 2 aliphatic heterocycles. The van der Waals surface area contributed by atoms with Crippen molar-refractivity contribution in [1.29, 1.82) is 0 Å². The van der Waals surface area contributed by atoms with E-state index in [1.54, 1.807) is 13.4 Å². The zero-order valence-electron chi connectivity index (χ0n) is 18.6. The zero-order valence-corrected chi connectivity index (χ0v) is 18.6. The van der Waals surface area contributed by atoms with E-state index in [0.717, 1.165) is 59.0 Å². The lowest BCUT2D eigenvalue weighted by Gasteiger charge is -2.26. The van der Waals surface area contributed by atoms with E-state index < -0.39 is 0 Å². The third kappa shape index (κ3) is 3.67. The summed E-state index contributed by atoms with van der Waals surface area (Å²) >= 11 is 0. The Kier molecular flexibility index (Phi) is 5.44. The predicted octanol–water partition coefficient (Wildman–Crippen LogP) is 3.02. The molecule has 2 N–H and O–H groups in total. The Morgan fingerprint density at radius 3 is 2.94 bits per heavy atom. The van der Waals surface area contributed by atoms with Gasteiger partial charge in [-0.15, -0.1) is 0 Å². The lowest BCUT2D eigenvalue weighted by Crippen LogP contribution is -2.33. The summed E-state index contributed by atoms with van der Waals surface area (Å²) in [6.45, 7) is 6.07. The maximum Gasteiger partial charge on any atom is 0.230 e. The number of nitrogens with zero attached hydrogens (tertiary/aromatic N) is 5. The number of ether oxygens (including phenoxy) is 2. The van der Waals surface area contributed by atoms with Gasteiger partial charge in [0.25, 0.3) is 0 Å². The Balaban J connectivity index is 1.44. The normalized spacial score (nSPS) is 17.6. The van der Waals surface area contributed by atoms with Crippen molar-refractivity contribution in [1.82, 2.24) is 19.5 Å². The molecular weight excluding hydrogens is 408 g/mol. The molecule has 0 saturated carbocycles. The molecule has 1 aromatic carbocycles. The molecule has 5 rings (SSSR count). The van der Waals surface area contributed by atoms with Crippen LogP contribution in [0.2, 0.25) is 0 Å². The first-order valence-corrected chi connectivity index (χ1v) is 10.9. The van der Waals surface area contributed by atoms with Crippen molar-refractivity contribution >= 4 is 17.6 Å². The summed E-state index contributed by atoms with van der Waals surface area (Å²) in [4.78, 5) is 16.1. The van der Waals surface area contributed by atoms with Crippen molar-refractivity contribution in [3.63, 3.8) is 0 Å². The molecule has 0 spiro atoms. The van der Waals surface area contributed by atoms with E-state index in [1.807, 2.05) is 23.8 Å². The monoisotopic (exact) mass is 436 g/mol. The Morgan fingerprint density at radius 1 is 1.25 bits per heavy atom. The van der Waals surface area contributed by atoms with E-state index in [1.165, 1.54) is 0 Å². The van der Waals surface area contributed by atoms with Crippen LogP contribution in [0, 0.1) is 13.8 Å². The van der Waals surface area contributed by atoms with Crippen LogP contribution < -0.4 is 15.0 Å². The van der Waals surface area contributed by atoms with Gasteiger partial charge in [-0.2, -0.15) is 4.98 Å². The number of anilines is 3. The summed E-state index contributed by atoms with van der Waals surface area (Å²) in [5.74, 6) is 2.83. The second kappa shape index (κ2) is 8.40. The molecule has 1 fully saturated rings. The van der Waals surface area contributed by atoms with Gasteiger partial charge in [0.1, 0.15) is 17.9 Å². The zero-order chi connectivity index (χ0) is 22.2. The number of hydrogen-bond donors (Lipinski definition) is 2. The van der Waals surface area contributed by atoms with Crippen molar-refractivity contribution in [2.24, 2.45) is 0 Å². The fraction of sp³-hybridized carbons (Fsp3) is 0.435. The van der Waals surface area contributed by atoms with Crippen LogP contribution in [0.4, 0.5) is 17.6 Å². The molecule has 2 aromatic heterocycles. The average molecular weight is 437 g/mol. The summed E-state index contributed by atoms with van der Waals surface area (Å²) in [5, 5.41) is 13.0. The summed E-state index contributed by atoms with van der Waals surface area (Å²) in [5.41, 5.74) is 5.15.